The normalized spacial score (nSPS) is 14.6. The van der Waals surface area contributed by atoms with Gasteiger partial charge in [-0.25, -0.2) is 9.67 Å². The van der Waals surface area contributed by atoms with Crippen molar-refractivity contribution in [3.8, 4) is 11.4 Å². The number of rotatable bonds is 7. The predicted octanol–water partition coefficient (Wildman–Crippen LogP) is 3.75. The number of nitrogens with one attached hydrogen (secondary N) is 1. The Kier molecular flexibility index (Phi) is 5.95. The van der Waals surface area contributed by atoms with Crippen molar-refractivity contribution in [1.29, 1.82) is 0 Å². The smallest absolute Gasteiger partial charge is 0.231 e. The highest BCUT2D eigenvalue weighted by atomic mass is 16.5. The maximum atomic E-state index is 5.62. The third-order valence-corrected chi connectivity index (χ3v) is 6.05. The van der Waals surface area contributed by atoms with Crippen molar-refractivity contribution in [2.75, 3.05) is 37.5 Å². The Balaban J connectivity index is 1.46. The van der Waals surface area contributed by atoms with Crippen LogP contribution in [0, 0.1) is 0 Å². The largest absolute Gasteiger partial charge is 0.381 e. The molecule has 4 heterocycles. The van der Waals surface area contributed by atoms with Crippen LogP contribution in [-0.2, 0) is 17.7 Å². The number of ether oxygens (including phenoxy) is 1. The number of fused-ring (bicyclic) bond motifs is 1. The van der Waals surface area contributed by atoms with Crippen molar-refractivity contribution in [1.82, 2.24) is 24.9 Å². The van der Waals surface area contributed by atoms with Gasteiger partial charge in [0.2, 0.25) is 11.7 Å². The second-order valence-electron chi connectivity index (χ2n) is 8.52. The van der Waals surface area contributed by atoms with Crippen molar-refractivity contribution in [3.05, 3.63) is 48.1 Å². The fourth-order valence-electron chi connectivity index (χ4n) is 4.15. The molecule has 5 rings (SSSR count). The standard InChI is InChI=1S/C24H29N7O2/c1-4-31-24-20(15-26-31)22(27-17-9-11-32-12-10-17)19(14-25-24)23-28-21(33-29-23)13-16-5-7-18(8-6-16)30(2)3/h5-8,14-15,17H,4,9-13H2,1-3H3,(H,25,27). The summed E-state index contributed by atoms with van der Waals surface area (Å²) in [6.45, 7) is 4.33. The molecule has 0 bridgehead atoms. The van der Waals surface area contributed by atoms with Gasteiger partial charge < -0.3 is 19.5 Å². The van der Waals surface area contributed by atoms with Gasteiger partial charge in [0.05, 0.1) is 29.3 Å². The van der Waals surface area contributed by atoms with Crippen LogP contribution in [0.15, 0.2) is 41.2 Å². The number of anilines is 2. The fourth-order valence-corrected chi connectivity index (χ4v) is 4.15. The molecule has 0 atom stereocenters. The van der Waals surface area contributed by atoms with E-state index >= 15 is 0 Å². The molecule has 4 aromatic rings. The highest BCUT2D eigenvalue weighted by Gasteiger charge is 2.22. The summed E-state index contributed by atoms with van der Waals surface area (Å²) in [7, 11) is 4.06. The molecule has 0 unspecified atom stereocenters. The third-order valence-electron chi connectivity index (χ3n) is 6.05. The zero-order chi connectivity index (χ0) is 22.8. The van der Waals surface area contributed by atoms with E-state index in [1.54, 1.807) is 0 Å². The van der Waals surface area contributed by atoms with Crippen LogP contribution in [-0.4, -0.2) is 58.3 Å². The summed E-state index contributed by atoms with van der Waals surface area (Å²) in [5.41, 5.74) is 4.90. The summed E-state index contributed by atoms with van der Waals surface area (Å²) in [6.07, 6.45) is 6.16. The van der Waals surface area contributed by atoms with Crippen LogP contribution in [0.1, 0.15) is 31.2 Å². The summed E-state index contributed by atoms with van der Waals surface area (Å²) >= 11 is 0. The molecule has 1 N–H and O–H groups in total. The van der Waals surface area contributed by atoms with E-state index < -0.39 is 0 Å². The van der Waals surface area contributed by atoms with E-state index in [1.165, 1.54) is 0 Å². The SMILES string of the molecule is CCn1ncc2c(NC3CCOCC3)c(-c3noc(Cc4ccc(N(C)C)cc4)n3)cnc21. The van der Waals surface area contributed by atoms with Crippen molar-refractivity contribution < 1.29 is 9.26 Å². The van der Waals surface area contributed by atoms with Gasteiger partial charge >= 0.3 is 0 Å². The summed E-state index contributed by atoms with van der Waals surface area (Å²) in [5.74, 6) is 1.10. The lowest BCUT2D eigenvalue weighted by Crippen LogP contribution is -2.28. The highest BCUT2D eigenvalue weighted by Crippen LogP contribution is 2.34. The zero-order valence-electron chi connectivity index (χ0n) is 19.3. The first-order chi connectivity index (χ1) is 16.1. The first-order valence-electron chi connectivity index (χ1n) is 11.4. The van der Waals surface area contributed by atoms with Gasteiger partial charge in [-0.1, -0.05) is 17.3 Å². The van der Waals surface area contributed by atoms with Gasteiger partial charge in [0.15, 0.2) is 5.65 Å². The summed E-state index contributed by atoms with van der Waals surface area (Å²) in [5, 5.41) is 13.5. The average molecular weight is 448 g/mol. The molecule has 0 amide bonds. The quantitative estimate of drug-likeness (QED) is 0.458. The topological polar surface area (TPSA) is 94.1 Å². The number of hydrogen-bond acceptors (Lipinski definition) is 8. The Morgan fingerprint density at radius 1 is 1.12 bits per heavy atom. The van der Waals surface area contributed by atoms with Gasteiger partial charge in [-0.05, 0) is 37.5 Å². The lowest BCUT2D eigenvalue weighted by Gasteiger charge is -2.25. The van der Waals surface area contributed by atoms with Gasteiger partial charge in [0, 0.05) is 51.8 Å². The van der Waals surface area contributed by atoms with Crippen LogP contribution in [0.25, 0.3) is 22.4 Å². The van der Waals surface area contributed by atoms with Crippen LogP contribution in [0.3, 0.4) is 0 Å². The Bertz CT molecular complexity index is 1220. The number of benzene rings is 1. The van der Waals surface area contributed by atoms with E-state index in [0.29, 0.717) is 24.2 Å². The lowest BCUT2D eigenvalue weighted by molar-refractivity contribution is 0.0905. The van der Waals surface area contributed by atoms with E-state index in [9.17, 15) is 0 Å². The Morgan fingerprint density at radius 2 is 1.91 bits per heavy atom. The molecule has 33 heavy (non-hydrogen) atoms. The molecule has 172 valence electrons. The minimum atomic E-state index is 0.314. The molecule has 9 nitrogen and oxygen atoms in total. The molecule has 1 aromatic carbocycles. The summed E-state index contributed by atoms with van der Waals surface area (Å²) in [4.78, 5) is 11.4. The molecule has 9 heteroatoms. The minimum Gasteiger partial charge on any atom is -0.381 e. The molecular weight excluding hydrogens is 418 g/mol. The maximum absolute atomic E-state index is 5.62. The monoisotopic (exact) mass is 447 g/mol. The van der Waals surface area contributed by atoms with Crippen LogP contribution in [0.5, 0.6) is 0 Å². The molecule has 1 aliphatic rings. The first-order valence-corrected chi connectivity index (χ1v) is 11.4. The highest BCUT2D eigenvalue weighted by molar-refractivity contribution is 5.96. The van der Waals surface area contributed by atoms with E-state index in [4.69, 9.17) is 14.2 Å². The van der Waals surface area contributed by atoms with Crippen molar-refractivity contribution in [2.24, 2.45) is 0 Å². The molecule has 0 aliphatic carbocycles. The maximum Gasteiger partial charge on any atom is 0.231 e. The van der Waals surface area contributed by atoms with E-state index in [2.05, 4.69) is 56.6 Å². The molecule has 0 saturated carbocycles. The van der Waals surface area contributed by atoms with E-state index in [0.717, 1.165) is 66.1 Å². The third kappa shape index (κ3) is 4.41. The lowest BCUT2D eigenvalue weighted by atomic mass is 10.1. The van der Waals surface area contributed by atoms with Crippen molar-refractivity contribution in [3.63, 3.8) is 0 Å². The van der Waals surface area contributed by atoms with E-state index in [1.807, 2.05) is 31.2 Å². The molecular formula is C24H29N7O2. The van der Waals surface area contributed by atoms with Gasteiger partial charge in [0.25, 0.3) is 0 Å². The molecule has 1 saturated heterocycles. The van der Waals surface area contributed by atoms with Crippen molar-refractivity contribution in [2.45, 2.75) is 38.8 Å². The van der Waals surface area contributed by atoms with Crippen LogP contribution in [0.4, 0.5) is 11.4 Å². The molecule has 3 aromatic heterocycles. The Morgan fingerprint density at radius 3 is 2.64 bits per heavy atom. The zero-order valence-corrected chi connectivity index (χ0v) is 19.3. The first kappa shape index (κ1) is 21.4. The number of aromatic nitrogens is 5. The fraction of sp³-hybridized carbons (Fsp3) is 0.417. The van der Waals surface area contributed by atoms with E-state index in [-0.39, 0.29) is 0 Å². The molecule has 0 spiro atoms. The Labute approximate surface area is 192 Å². The second-order valence-corrected chi connectivity index (χ2v) is 8.52. The van der Waals surface area contributed by atoms with Crippen molar-refractivity contribution >= 4 is 22.4 Å². The summed E-state index contributed by atoms with van der Waals surface area (Å²) < 4.78 is 13.0. The van der Waals surface area contributed by atoms with Gasteiger partial charge in [-0.2, -0.15) is 10.1 Å². The number of aryl methyl sites for hydroxylation is 1. The van der Waals surface area contributed by atoms with Gasteiger partial charge in [0.1, 0.15) is 0 Å². The van der Waals surface area contributed by atoms with Crippen LogP contribution >= 0.6 is 0 Å². The predicted molar refractivity (Wildman–Crippen MR) is 128 cm³/mol. The molecule has 1 fully saturated rings. The van der Waals surface area contributed by atoms with Crippen LogP contribution in [0.2, 0.25) is 0 Å². The molecule has 0 radical (unpaired) electrons. The number of hydrogen-bond donors (Lipinski definition) is 1. The average Bonchev–Trinajstić information content (AvgIpc) is 3.47. The number of pyridine rings is 1. The van der Waals surface area contributed by atoms with Gasteiger partial charge in [-0.3, -0.25) is 0 Å². The second kappa shape index (κ2) is 9.19. The minimum absolute atomic E-state index is 0.314. The number of nitrogens with zero attached hydrogens (tertiary/aromatic N) is 6. The molecule has 1 aliphatic heterocycles. The van der Waals surface area contributed by atoms with Crippen LogP contribution < -0.4 is 10.2 Å². The Hall–Kier alpha value is -3.46. The summed E-state index contributed by atoms with van der Waals surface area (Å²) in [6, 6.07) is 8.67. The van der Waals surface area contributed by atoms with Gasteiger partial charge in [-0.15, -0.1) is 0 Å².